The molecule has 0 bridgehead atoms. The minimum absolute atomic E-state index is 0.0302. The Kier molecular flexibility index (Phi) is 4.44. The Morgan fingerprint density at radius 3 is 2.70 bits per heavy atom. The van der Waals surface area contributed by atoms with Crippen LogP contribution in [-0.4, -0.2) is 30.2 Å². The summed E-state index contributed by atoms with van der Waals surface area (Å²) in [7, 11) is 0. The number of aromatic nitrogens is 1. The van der Waals surface area contributed by atoms with Crippen LogP contribution in [0.5, 0.6) is 0 Å². The largest absolute Gasteiger partial charge is 0.411 e. The molecule has 20 heavy (non-hydrogen) atoms. The number of ether oxygens (including phenoxy) is 1. The number of para-hydroxylation sites is 1. The number of hydrogen-bond acceptors (Lipinski definition) is 2. The molecule has 0 unspecified atom stereocenters. The van der Waals surface area contributed by atoms with E-state index in [4.69, 9.17) is 0 Å². The number of fused-ring (bicyclic) bond motifs is 1. The van der Waals surface area contributed by atoms with Gasteiger partial charge in [0.05, 0.1) is 0 Å². The smallest absolute Gasteiger partial charge is 0.372 e. The van der Waals surface area contributed by atoms with Gasteiger partial charge in [0.15, 0.2) is 6.29 Å². The Hall–Kier alpha value is -1.82. The van der Waals surface area contributed by atoms with Crippen molar-refractivity contribution < 1.29 is 22.7 Å². The summed E-state index contributed by atoms with van der Waals surface area (Å²) in [5.74, 6) is 0. The molecule has 108 valence electrons. The van der Waals surface area contributed by atoms with Crippen LogP contribution in [0, 0.1) is 0 Å². The van der Waals surface area contributed by atoms with Crippen molar-refractivity contribution in [3.05, 3.63) is 36.0 Å². The molecule has 0 atom stereocenters. The highest BCUT2D eigenvalue weighted by Gasteiger charge is 2.27. The molecule has 3 nitrogen and oxygen atoms in total. The minimum atomic E-state index is -4.29. The number of aldehydes is 1. The first kappa shape index (κ1) is 14.6. The summed E-state index contributed by atoms with van der Waals surface area (Å²) >= 11 is 0. The summed E-state index contributed by atoms with van der Waals surface area (Å²) in [5.41, 5.74) is 1.47. The van der Waals surface area contributed by atoms with E-state index in [0.717, 1.165) is 17.2 Å². The zero-order chi connectivity index (χ0) is 14.6. The monoisotopic (exact) mass is 285 g/mol. The van der Waals surface area contributed by atoms with Crippen molar-refractivity contribution in [2.45, 2.75) is 19.1 Å². The summed E-state index contributed by atoms with van der Waals surface area (Å²) < 4.78 is 42.1. The Balaban J connectivity index is 1.95. The number of nitrogens with zero attached hydrogens (tertiary/aromatic N) is 1. The molecule has 1 aromatic carbocycles. The van der Waals surface area contributed by atoms with Gasteiger partial charge in [-0.2, -0.15) is 13.2 Å². The second-order valence-corrected chi connectivity index (χ2v) is 4.43. The molecule has 0 aliphatic carbocycles. The van der Waals surface area contributed by atoms with E-state index in [1.807, 2.05) is 28.8 Å². The van der Waals surface area contributed by atoms with Crippen LogP contribution >= 0.6 is 0 Å². The van der Waals surface area contributed by atoms with Gasteiger partial charge in [-0.15, -0.1) is 0 Å². The van der Waals surface area contributed by atoms with E-state index in [-0.39, 0.29) is 6.61 Å². The fourth-order valence-electron chi connectivity index (χ4n) is 2.08. The first-order valence-corrected chi connectivity index (χ1v) is 6.19. The van der Waals surface area contributed by atoms with E-state index in [0.29, 0.717) is 18.5 Å². The number of benzene rings is 1. The van der Waals surface area contributed by atoms with Gasteiger partial charge in [0, 0.05) is 35.8 Å². The van der Waals surface area contributed by atoms with Gasteiger partial charge in [-0.3, -0.25) is 4.79 Å². The van der Waals surface area contributed by atoms with Crippen LogP contribution < -0.4 is 0 Å². The number of hydrogen-bond donors (Lipinski definition) is 0. The Labute approximate surface area is 113 Å². The van der Waals surface area contributed by atoms with Crippen molar-refractivity contribution >= 4 is 17.2 Å². The maximum absolute atomic E-state index is 11.9. The molecule has 0 radical (unpaired) electrons. The predicted octanol–water partition coefficient (Wildman–Crippen LogP) is 3.42. The zero-order valence-corrected chi connectivity index (χ0v) is 10.7. The molecular formula is C14H14F3NO2. The first-order chi connectivity index (χ1) is 9.51. The van der Waals surface area contributed by atoms with Gasteiger partial charge in [-0.25, -0.2) is 0 Å². The van der Waals surface area contributed by atoms with Crippen LogP contribution in [0.25, 0.3) is 10.9 Å². The Morgan fingerprint density at radius 1 is 1.25 bits per heavy atom. The van der Waals surface area contributed by atoms with Crippen molar-refractivity contribution in [1.82, 2.24) is 4.57 Å². The number of carbonyl (C=O) groups is 1. The van der Waals surface area contributed by atoms with Crippen molar-refractivity contribution in [1.29, 1.82) is 0 Å². The molecular weight excluding hydrogens is 271 g/mol. The summed E-state index contributed by atoms with van der Waals surface area (Å²) in [6, 6.07) is 7.41. The van der Waals surface area contributed by atoms with Gasteiger partial charge in [0.1, 0.15) is 6.61 Å². The van der Waals surface area contributed by atoms with Crippen LogP contribution in [-0.2, 0) is 11.3 Å². The summed E-state index contributed by atoms with van der Waals surface area (Å²) in [6.45, 7) is -0.687. The van der Waals surface area contributed by atoms with Gasteiger partial charge < -0.3 is 9.30 Å². The van der Waals surface area contributed by atoms with E-state index in [9.17, 15) is 18.0 Å². The molecule has 0 aliphatic heterocycles. The van der Waals surface area contributed by atoms with Gasteiger partial charge >= 0.3 is 6.18 Å². The fraction of sp³-hybridized carbons (Fsp3) is 0.357. The third-order valence-corrected chi connectivity index (χ3v) is 2.90. The maximum atomic E-state index is 11.9. The summed E-state index contributed by atoms with van der Waals surface area (Å²) in [4.78, 5) is 11.0. The van der Waals surface area contributed by atoms with Gasteiger partial charge in [-0.1, -0.05) is 18.2 Å². The normalized spacial score (nSPS) is 11.9. The SMILES string of the molecule is O=Cc1cn(CCCOCC(F)(F)F)c2ccccc12. The van der Waals surface area contributed by atoms with Crippen LogP contribution in [0.2, 0.25) is 0 Å². The van der Waals surface area contributed by atoms with E-state index < -0.39 is 12.8 Å². The molecule has 0 saturated carbocycles. The number of alkyl halides is 3. The van der Waals surface area contributed by atoms with E-state index in [1.54, 1.807) is 6.20 Å². The first-order valence-electron chi connectivity index (χ1n) is 6.19. The van der Waals surface area contributed by atoms with Crippen molar-refractivity contribution in [2.24, 2.45) is 0 Å². The molecule has 1 aromatic heterocycles. The quantitative estimate of drug-likeness (QED) is 0.601. The van der Waals surface area contributed by atoms with Crippen molar-refractivity contribution in [2.75, 3.05) is 13.2 Å². The zero-order valence-electron chi connectivity index (χ0n) is 10.7. The minimum Gasteiger partial charge on any atom is -0.372 e. The molecule has 2 rings (SSSR count). The molecule has 0 saturated heterocycles. The molecule has 0 spiro atoms. The molecule has 0 amide bonds. The van der Waals surface area contributed by atoms with Crippen LogP contribution in [0.4, 0.5) is 13.2 Å². The molecule has 0 aliphatic rings. The van der Waals surface area contributed by atoms with Crippen molar-refractivity contribution in [3.8, 4) is 0 Å². The highest BCUT2D eigenvalue weighted by Crippen LogP contribution is 2.20. The van der Waals surface area contributed by atoms with Crippen LogP contribution in [0.15, 0.2) is 30.5 Å². The summed E-state index contributed by atoms with van der Waals surface area (Å²) in [6.07, 6.45) is -1.35. The lowest BCUT2D eigenvalue weighted by Gasteiger charge is -2.08. The average molecular weight is 285 g/mol. The number of carbonyl (C=O) groups excluding carboxylic acids is 1. The second kappa shape index (κ2) is 6.09. The summed E-state index contributed by atoms with van der Waals surface area (Å²) in [5, 5.41) is 0.846. The lowest BCUT2D eigenvalue weighted by Crippen LogP contribution is -2.17. The Bertz CT molecular complexity index is 590. The van der Waals surface area contributed by atoms with Crippen LogP contribution in [0.3, 0.4) is 0 Å². The topological polar surface area (TPSA) is 31.2 Å². The molecule has 2 aromatic rings. The van der Waals surface area contributed by atoms with E-state index >= 15 is 0 Å². The lowest BCUT2D eigenvalue weighted by molar-refractivity contribution is -0.174. The molecule has 0 N–H and O–H groups in total. The van der Waals surface area contributed by atoms with Crippen LogP contribution in [0.1, 0.15) is 16.8 Å². The third-order valence-electron chi connectivity index (χ3n) is 2.90. The second-order valence-electron chi connectivity index (χ2n) is 4.43. The Morgan fingerprint density at radius 2 is 2.00 bits per heavy atom. The predicted molar refractivity (Wildman–Crippen MR) is 68.8 cm³/mol. The molecule has 6 heteroatoms. The highest BCUT2D eigenvalue weighted by molar-refractivity contribution is 5.97. The highest BCUT2D eigenvalue weighted by atomic mass is 19.4. The number of aryl methyl sites for hydroxylation is 1. The molecule has 0 fully saturated rings. The third kappa shape index (κ3) is 3.60. The lowest BCUT2D eigenvalue weighted by atomic mass is 10.2. The maximum Gasteiger partial charge on any atom is 0.411 e. The number of halogens is 3. The van der Waals surface area contributed by atoms with Gasteiger partial charge in [-0.05, 0) is 12.5 Å². The molecule has 1 heterocycles. The number of rotatable bonds is 6. The van der Waals surface area contributed by atoms with Crippen molar-refractivity contribution in [3.63, 3.8) is 0 Å². The average Bonchev–Trinajstić information content (AvgIpc) is 2.76. The fourth-order valence-corrected chi connectivity index (χ4v) is 2.08. The van der Waals surface area contributed by atoms with E-state index in [1.165, 1.54) is 0 Å². The standard InChI is InChI=1S/C14H14F3NO2/c15-14(16,17)10-20-7-3-6-18-8-11(9-19)12-4-1-2-5-13(12)18/h1-2,4-5,8-9H,3,6-7,10H2. The van der Waals surface area contributed by atoms with Gasteiger partial charge in [0.25, 0.3) is 0 Å². The van der Waals surface area contributed by atoms with Gasteiger partial charge in [0.2, 0.25) is 0 Å². The van der Waals surface area contributed by atoms with E-state index in [2.05, 4.69) is 4.74 Å².